The maximum absolute atomic E-state index is 11.2. The number of carbonyl (C=O) groups is 1. The van der Waals surface area contributed by atoms with E-state index < -0.39 is 0 Å². The minimum Gasteiger partial charge on any atom is -1.00 e. The molecule has 0 amide bonds. The lowest BCUT2D eigenvalue weighted by Crippen LogP contribution is -3.00. The van der Waals surface area contributed by atoms with Gasteiger partial charge in [0.1, 0.15) is 19.7 Å². The van der Waals surface area contributed by atoms with Gasteiger partial charge in [-0.15, -0.1) is 0 Å². The molecule has 0 unspecified atom stereocenters. The molecule has 1 rings (SSSR count). The Kier molecular flexibility index (Phi) is 16.6. The van der Waals surface area contributed by atoms with Crippen molar-refractivity contribution in [1.29, 1.82) is 0 Å². The number of nitrogens with zero attached hydrogens (tertiary/aromatic N) is 1. The average molecular weight is 438 g/mol. The molecule has 0 N–H and O–H groups in total. The summed E-state index contributed by atoms with van der Waals surface area (Å²) < 4.78 is 5.91. The first-order valence-corrected chi connectivity index (χ1v) is 11.7. The second kappa shape index (κ2) is 17.4. The molecule has 172 valence electrons. The van der Waals surface area contributed by atoms with E-state index in [0.717, 1.165) is 17.6 Å². The summed E-state index contributed by atoms with van der Waals surface area (Å²) in [5.74, 6) is -0.346. The van der Waals surface area contributed by atoms with Gasteiger partial charge < -0.3 is 21.6 Å². The summed E-state index contributed by atoms with van der Waals surface area (Å²) in [6.07, 6.45) is 16.3. The van der Waals surface area contributed by atoms with E-state index in [-0.39, 0.29) is 18.4 Å². The molecule has 30 heavy (non-hydrogen) atoms. The third kappa shape index (κ3) is 14.6. The SMILES string of the molecule is C=CC(=O)OCC[N+](C)(C)Cc1ccc(CCCCCCCCCCCC)cc1.[Cl-]. The molecule has 0 aromatic heterocycles. The minimum atomic E-state index is -0.346. The Bertz CT molecular complexity index is 569. The van der Waals surface area contributed by atoms with Crippen LogP contribution in [-0.4, -0.2) is 37.7 Å². The van der Waals surface area contributed by atoms with Gasteiger partial charge in [0, 0.05) is 11.6 Å². The summed E-state index contributed by atoms with van der Waals surface area (Å²) in [7, 11) is 4.33. The van der Waals surface area contributed by atoms with Gasteiger partial charge in [-0.2, -0.15) is 0 Å². The zero-order valence-corrected chi connectivity index (χ0v) is 20.4. The van der Waals surface area contributed by atoms with Crippen LogP contribution in [0.4, 0.5) is 0 Å². The Balaban J connectivity index is 0.00000841. The smallest absolute Gasteiger partial charge is 0.330 e. The van der Waals surface area contributed by atoms with E-state index in [9.17, 15) is 4.79 Å². The number of rotatable bonds is 17. The van der Waals surface area contributed by atoms with E-state index >= 15 is 0 Å². The topological polar surface area (TPSA) is 26.3 Å². The molecule has 0 heterocycles. The van der Waals surface area contributed by atoms with Crippen molar-refractivity contribution in [3.63, 3.8) is 0 Å². The summed E-state index contributed by atoms with van der Waals surface area (Å²) in [6, 6.07) is 9.06. The molecule has 0 aliphatic heterocycles. The summed E-state index contributed by atoms with van der Waals surface area (Å²) in [6.45, 7) is 7.85. The number of esters is 1. The van der Waals surface area contributed by atoms with Crippen molar-refractivity contribution in [1.82, 2.24) is 0 Å². The quantitative estimate of drug-likeness (QED) is 0.161. The lowest BCUT2D eigenvalue weighted by molar-refractivity contribution is -0.903. The fraction of sp³-hybridized carbons (Fsp3) is 0.654. The maximum atomic E-state index is 11.2. The molecule has 0 saturated carbocycles. The maximum Gasteiger partial charge on any atom is 0.330 e. The van der Waals surface area contributed by atoms with Crippen LogP contribution in [0.2, 0.25) is 0 Å². The van der Waals surface area contributed by atoms with Crippen molar-refractivity contribution < 1.29 is 26.4 Å². The number of quaternary nitrogens is 1. The molecule has 0 aliphatic carbocycles. The number of halogens is 1. The van der Waals surface area contributed by atoms with E-state index in [0.29, 0.717) is 6.61 Å². The molecule has 0 bridgehead atoms. The van der Waals surface area contributed by atoms with Gasteiger partial charge in [0.05, 0.1) is 14.1 Å². The van der Waals surface area contributed by atoms with Crippen molar-refractivity contribution in [3.8, 4) is 0 Å². The molecular formula is C26H44ClNO2. The van der Waals surface area contributed by atoms with Gasteiger partial charge in [0.2, 0.25) is 0 Å². The number of unbranched alkanes of at least 4 members (excludes halogenated alkanes) is 9. The number of aryl methyl sites for hydroxylation is 1. The molecule has 4 heteroatoms. The van der Waals surface area contributed by atoms with E-state index in [1.807, 2.05) is 0 Å². The van der Waals surface area contributed by atoms with Crippen molar-refractivity contribution in [2.75, 3.05) is 27.2 Å². The summed E-state index contributed by atoms with van der Waals surface area (Å²) in [4.78, 5) is 11.2. The van der Waals surface area contributed by atoms with Crippen LogP contribution in [-0.2, 0) is 22.5 Å². The number of carbonyl (C=O) groups excluding carboxylic acids is 1. The van der Waals surface area contributed by atoms with E-state index in [2.05, 4.69) is 51.9 Å². The first-order chi connectivity index (χ1) is 14.0. The van der Waals surface area contributed by atoms with Gasteiger partial charge in [0.25, 0.3) is 0 Å². The predicted molar refractivity (Wildman–Crippen MR) is 124 cm³/mol. The Morgan fingerprint density at radius 3 is 1.93 bits per heavy atom. The Hall–Kier alpha value is -1.32. The Morgan fingerprint density at radius 2 is 1.40 bits per heavy atom. The highest BCUT2D eigenvalue weighted by atomic mass is 35.5. The molecule has 0 atom stereocenters. The number of ether oxygens (including phenoxy) is 1. The molecule has 0 fully saturated rings. The second-order valence-electron chi connectivity index (χ2n) is 8.94. The highest BCUT2D eigenvalue weighted by Gasteiger charge is 2.16. The number of hydrogen-bond acceptors (Lipinski definition) is 2. The highest BCUT2D eigenvalue weighted by Crippen LogP contribution is 2.15. The van der Waals surface area contributed by atoms with E-state index in [1.54, 1.807) is 0 Å². The highest BCUT2D eigenvalue weighted by molar-refractivity contribution is 5.81. The second-order valence-corrected chi connectivity index (χ2v) is 8.94. The Morgan fingerprint density at radius 1 is 0.900 bits per heavy atom. The minimum absolute atomic E-state index is 0. The summed E-state index contributed by atoms with van der Waals surface area (Å²) in [5, 5.41) is 0. The van der Waals surface area contributed by atoms with Crippen LogP contribution < -0.4 is 12.4 Å². The zero-order chi connectivity index (χ0) is 21.4. The lowest BCUT2D eigenvalue weighted by atomic mass is 10.0. The third-order valence-corrected chi connectivity index (χ3v) is 5.56. The van der Waals surface area contributed by atoms with E-state index in [4.69, 9.17) is 4.74 Å². The fourth-order valence-electron chi connectivity index (χ4n) is 3.65. The van der Waals surface area contributed by atoms with Crippen LogP contribution in [0.1, 0.15) is 82.3 Å². The number of benzene rings is 1. The molecule has 0 radical (unpaired) electrons. The van der Waals surface area contributed by atoms with Crippen LogP contribution in [0.25, 0.3) is 0 Å². The van der Waals surface area contributed by atoms with Crippen LogP contribution in [0.5, 0.6) is 0 Å². The number of hydrogen-bond donors (Lipinski definition) is 0. The van der Waals surface area contributed by atoms with Crippen LogP contribution in [0.3, 0.4) is 0 Å². The van der Waals surface area contributed by atoms with Gasteiger partial charge in [-0.05, 0) is 18.4 Å². The fourth-order valence-corrected chi connectivity index (χ4v) is 3.65. The summed E-state index contributed by atoms with van der Waals surface area (Å²) >= 11 is 0. The van der Waals surface area contributed by atoms with E-state index in [1.165, 1.54) is 87.8 Å². The van der Waals surface area contributed by atoms with Gasteiger partial charge in [0.15, 0.2) is 0 Å². The molecule has 1 aromatic rings. The zero-order valence-electron chi connectivity index (χ0n) is 19.6. The molecule has 0 aliphatic rings. The van der Waals surface area contributed by atoms with Crippen LogP contribution >= 0.6 is 0 Å². The van der Waals surface area contributed by atoms with Crippen molar-refractivity contribution in [2.45, 2.75) is 84.1 Å². The van der Waals surface area contributed by atoms with Crippen LogP contribution in [0.15, 0.2) is 36.9 Å². The first kappa shape index (κ1) is 28.7. The van der Waals surface area contributed by atoms with Crippen molar-refractivity contribution in [3.05, 3.63) is 48.0 Å². The molecule has 1 aromatic carbocycles. The third-order valence-electron chi connectivity index (χ3n) is 5.56. The summed E-state index contributed by atoms with van der Waals surface area (Å²) in [5.41, 5.74) is 2.77. The van der Waals surface area contributed by atoms with Crippen molar-refractivity contribution in [2.24, 2.45) is 0 Å². The number of likely N-dealkylation sites (N-methyl/N-ethyl adjacent to an activating group) is 1. The largest absolute Gasteiger partial charge is 1.00 e. The van der Waals surface area contributed by atoms with Gasteiger partial charge in [-0.3, -0.25) is 0 Å². The lowest BCUT2D eigenvalue weighted by Gasteiger charge is -2.29. The molecule has 0 saturated heterocycles. The molecule has 0 spiro atoms. The average Bonchev–Trinajstić information content (AvgIpc) is 2.70. The predicted octanol–water partition coefficient (Wildman–Crippen LogP) is 3.46. The van der Waals surface area contributed by atoms with Gasteiger partial charge in [-0.1, -0.05) is 95.6 Å². The standard InChI is InChI=1S/C26H44NO2.ClH/c1-5-7-8-9-10-11-12-13-14-15-16-24-17-19-25(20-18-24)23-27(3,4)21-22-29-26(28)6-2;/h6,17-20H,2,5,7-16,21-23H2,1,3-4H3;1H/q+1;/p-1. The van der Waals surface area contributed by atoms with Crippen molar-refractivity contribution >= 4 is 5.97 Å². The molecule has 3 nitrogen and oxygen atoms in total. The molecular weight excluding hydrogens is 394 g/mol. The van der Waals surface area contributed by atoms with Gasteiger partial charge >= 0.3 is 5.97 Å². The Labute approximate surface area is 191 Å². The normalized spacial score (nSPS) is 11.0. The monoisotopic (exact) mass is 437 g/mol. The first-order valence-electron chi connectivity index (χ1n) is 11.7. The van der Waals surface area contributed by atoms with Gasteiger partial charge in [-0.25, -0.2) is 4.79 Å². The van der Waals surface area contributed by atoms with Crippen LogP contribution in [0, 0.1) is 0 Å².